The Morgan fingerprint density at radius 1 is 0.449 bits per heavy atom. The van der Waals surface area contributed by atoms with Crippen LogP contribution in [0, 0.1) is 0 Å². The maximum Gasteiger partial charge on any atom is 0.159 e. The zero-order valence-electron chi connectivity index (χ0n) is 26.6. The molecule has 3 heteroatoms. The summed E-state index contributed by atoms with van der Waals surface area (Å²) in [5, 5.41) is 7.07. The molecule has 0 saturated heterocycles. The molecule has 230 valence electrons. The van der Waals surface area contributed by atoms with Crippen LogP contribution in [0.25, 0.3) is 71.3 Å². The highest BCUT2D eigenvalue weighted by Crippen LogP contribution is 2.47. The summed E-state index contributed by atoms with van der Waals surface area (Å²) in [4.78, 5) is 2.32. The van der Waals surface area contributed by atoms with Crippen LogP contribution in [0.15, 0.2) is 186 Å². The lowest BCUT2D eigenvalue weighted by Crippen LogP contribution is -2.10. The topological polar surface area (TPSA) is 21.3 Å². The van der Waals surface area contributed by atoms with Gasteiger partial charge in [-0.15, -0.1) is 0 Å². The summed E-state index contributed by atoms with van der Waals surface area (Å²) < 4.78 is 9.26. The van der Waals surface area contributed by atoms with E-state index in [-0.39, 0.29) is 0 Å². The fraction of sp³-hybridized carbons (Fsp3) is 0. The quantitative estimate of drug-likeness (QED) is 0.190. The van der Waals surface area contributed by atoms with Crippen LogP contribution in [-0.4, -0.2) is 4.57 Å². The minimum Gasteiger partial charge on any atom is -0.454 e. The number of benzene rings is 8. The molecule has 0 aliphatic carbocycles. The minimum absolute atomic E-state index is 0.863. The number of anilines is 3. The molecule has 0 fully saturated rings. The Hall–Kier alpha value is -6.58. The van der Waals surface area contributed by atoms with E-state index in [1.54, 1.807) is 0 Å². The first-order valence-corrected chi connectivity index (χ1v) is 16.7. The molecule has 0 unspecified atom stereocenters. The second-order valence-electron chi connectivity index (χ2n) is 12.5. The van der Waals surface area contributed by atoms with Crippen molar-refractivity contribution >= 4 is 71.6 Å². The number of para-hydroxylation sites is 4. The summed E-state index contributed by atoms with van der Waals surface area (Å²) in [5.41, 5.74) is 10.7. The number of nitrogens with zero attached hydrogens (tertiary/aromatic N) is 2. The van der Waals surface area contributed by atoms with Crippen molar-refractivity contribution in [1.29, 1.82) is 0 Å². The SMILES string of the molecule is c1ccc(N(c2ccccc2)c2cc(-c3cccc4c3c3ccccc3n4-c3ccccc3)cc3c2oc2ccc4ccccc4c23)cc1. The van der Waals surface area contributed by atoms with Crippen LogP contribution in [0.5, 0.6) is 0 Å². The van der Waals surface area contributed by atoms with Gasteiger partial charge in [0.05, 0.1) is 16.7 Å². The molecule has 3 nitrogen and oxygen atoms in total. The maximum absolute atomic E-state index is 6.88. The van der Waals surface area contributed by atoms with Crippen molar-refractivity contribution in [3.8, 4) is 16.8 Å². The Balaban J connectivity index is 1.35. The van der Waals surface area contributed by atoms with Gasteiger partial charge in [-0.1, -0.05) is 115 Å². The van der Waals surface area contributed by atoms with E-state index in [0.717, 1.165) is 50.3 Å². The van der Waals surface area contributed by atoms with Gasteiger partial charge in [0.2, 0.25) is 0 Å². The standard InChI is InChI=1S/C46H30N2O/c1-4-16-33(17-5-1)47(34-18-6-2-7-19-34)42-30-32(29-39-45-36-22-11-10-15-31(36)27-28-43(45)49-46(39)42)37-24-14-26-41-44(37)38-23-12-13-25-40(38)48(41)35-20-8-3-9-21-35/h1-30H. The van der Waals surface area contributed by atoms with Gasteiger partial charge in [-0.2, -0.15) is 0 Å². The van der Waals surface area contributed by atoms with Crippen LogP contribution in [0.3, 0.4) is 0 Å². The van der Waals surface area contributed by atoms with Crippen molar-refractivity contribution < 1.29 is 4.42 Å². The summed E-state index contributed by atoms with van der Waals surface area (Å²) in [7, 11) is 0. The second kappa shape index (κ2) is 11.0. The zero-order valence-corrected chi connectivity index (χ0v) is 26.6. The fourth-order valence-corrected chi connectivity index (χ4v) is 7.65. The van der Waals surface area contributed by atoms with Crippen molar-refractivity contribution in [2.45, 2.75) is 0 Å². The molecule has 0 aliphatic heterocycles. The molecule has 0 N–H and O–H groups in total. The van der Waals surface area contributed by atoms with Crippen LogP contribution in [0.2, 0.25) is 0 Å². The van der Waals surface area contributed by atoms with Gasteiger partial charge < -0.3 is 13.9 Å². The summed E-state index contributed by atoms with van der Waals surface area (Å²) in [6.45, 7) is 0. The number of hydrogen-bond acceptors (Lipinski definition) is 2. The van der Waals surface area contributed by atoms with Gasteiger partial charge in [-0.25, -0.2) is 0 Å². The van der Waals surface area contributed by atoms with Crippen LogP contribution in [0.4, 0.5) is 17.1 Å². The van der Waals surface area contributed by atoms with Gasteiger partial charge >= 0.3 is 0 Å². The third-order valence-corrected chi connectivity index (χ3v) is 9.73. The van der Waals surface area contributed by atoms with Gasteiger partial charge in [-0.05, 0) is 88.6 Å². The molecule has 8 aromatic carbocycles. The van der Waals surface area contributed by atoms with Crippen LogP contribution in [0.1, 0.15) is 0 Å². The van der Waals surface area contributed by atoms with E-state index < -0.39 is 0 Å². The average molecular weight is 627 g/mol. The van der Waals surface area contributed by atoms with Crippen molar-refractivity contribution in [3.05, 3.63) is 182 Å². The minimum atomic E-state index is 0.863. The van der Waals surface area contributed by atoms with Gasteiger partial charge in [0.1, 0.15) is 5.58 Å². The number of hydrogen-bond donors (Lipinski definition) is 0. The lowest BCUT2D eigenvalue weighted by atomic mass is 9.95. The van der Waals surface area contributed by atoms with E-state index in [2.05, 4.69) is 191 Å². The Kier molecular flexibility index (Phi) is 6.18. The largest absolute Gasteiger partial charge is 0.454 e. The highest BCUT2D eigenvalue weighted by Gasteiger charge is 2.23. The Labute approximate surface area is 283 Å². The van der Waals surface area contributed by atoms with Gasteiger partial charge in [0.25, 0.3) is 0 Å². The highest BCUT2D eigenvalue weighted by atomic mass is 16.3. The number of fused-ring (bicyclic) bond motifs is 8. The van der Waals surface area contributed by atoms with Gasteiger partial charge in [-0.3, -0.25) is 0 Å². The number of aromatic nitrogens is 1. The summed E-state index contributed by atoms with van der Waals surface area (Å²) in [5.74, 6) is 0. The van der Waals surface area contributed by atoms with E-state index in [4.69, 9.17) is 4.42 Å². The Bertz CT molecular complexity index is 2770. The molecule has 0 amide bonds. The predicted octanol–water partition coefficient (Wildman–Crippen LogP) is 13.0. The highest BCUT2D eigenvalue weighted by molar-refractivity contribution is 6.23. The molecule has 0 spiro atoms. The first-order chi connectivity index (χ1) is 24.3. The second-order valence-corrected chi connectivity index (χ2v) is 12.5. The lowest BCUT2D eigenvalue weighted by Gasteiger charge is -2.26. The van der Waals surface area contributed by atoms with E-state index in [1.807, 2.05) is 0 Å². The fourth-order valence-electron chi connectivity index (χ4n) is 7.65. The first-order valence-electron chi connectivity index (χ1n) is 16.7. The van der Waals surface area contributed by atoms with E-state index in [1.165, 1.54) is 38.1 Å². The maximum atomic E-state index is 6.88. The van der Waals surface area contributed by atoms with Gasteiger partial charge in [0, 0.05) is 38.6 Å². The molecule has 2 aromatic heterocycles. The molecule has 49 heavy (non-hydrogen) atoms. The van der Waals surface area contributed by atoms with Crippen molar-refractivity contribution in [2.24, 2.45) is 0 Å². The van der Waals surface area contributed by atoms with Crippen molar-refractivity contribution in [2.75, 3.05) is 4.90 Å². The summed E-state index contributed by atoms with van der Waals surface area (Å²) >= 11 is 0. The van der Waals surface area contributed by atoms with Crippen molar-refractivity contribution in [1.82, 2.24) is 4.57 Å². The number of rotatable bonds is 5. The first kappa shape index (κ1) is 27.5. The molecule has 2 heterocycles. The lowest BCUT2D eigenvalue weighted by molar-refractivity contribution is 0.669. The third kappa shape index (κ3) is 4.29. The molecule has 10 rings (SSSR count). The normalized spacial score (nSPS) is 11.7. The molecular formula is C46H30N2O. The van der Waals surface area contributed by atoms with E-state index in [0.29, 0.717) is 0 Å². The predicted molar refractivity (Wildman–Crippen MR) is 206 cm³/mol. The van der Waals surface area contributed by atoms with Crippen LogP contribution < -0.4 is 4.90 Å². The third-order valence-electron chi connectivity index (χ3n) is 9.73. The molecule has 0 atom stereocenters. The van der Waals surface area contributed by atoms with E-state index >= 15 is 0 Å². The molecular weight excluding hydrogens is 597 g/mol. The Morgan fingerprint density at radius 3 is 1.84 bits per heavy atom. The average Bonchev–Trinajstić information content (AvgIpc) is 3.73. The summed E-state index contributed by atoms with van der Waals surface area (Å²) in [6.07, 6.45) is 0. The van der Waals surface area contributed by atoms with Crippen LogP contribution in [-0.2, 0) is 0 Å². The Morgan fingerprint density at radius 2 is 1.08 bits per heavy atom. The smallest absolute Gasteiger partial charge is 0.159 e. The molecule has 0 radical (unpaired) electrons. The monoisotopic (exact) mass is 626 g/mol. The molecule has 10 aromatic rings. The molecule has 0 aliphatic rings. The van der Waals surface area contributed by atoms with E-state index in [9.17, 15) is 0 Å². The van der Waals surface area contributed by atoms with Crippen molar-refractivity contribution in [3.63, 3.8) is 0 Å². The zero-order chi connectivity index (χ0) is 32.3. The molecule has 0 bridgehead atoms. The van der Waals surface area contributed by atoms with Crippen LogP contribution >= 0.6 is 0 Å². The number of furan rings is 1. The molecule has 0 saturated carbocycles. The van der Waals surface area contributed by atoms with Gasteiger partial charge in [0.15, 0.2) is 5.58 Å². The summed E-state index contributed by atoms with van der Waals surface area (Å²) in [6, 6.07) is 64.8.